The molecule has 1 aliphatic rings. The molecule has 2 aromatic rings. The summed E-state index contributed by atoms with van der Waals surface area (Å²) in [6, 6.07) is 18.3. The third-order valence-electron chi connectivity index (χ3n) is 4.56. The van der Waals surface area contributed by atoms with Gasteiger partial charge in [0.15, 0.2) is 0 Å². The quantitative estimate of drug-likeness (QED) is 0.807. The van der Waals surface area contributed by atoms with Crippen LogP contribution in [0.25, 0.3) is 0 Å². The molecule has 2 N–H and O–H groups in total. The van der Waals surface area contributed by atoms with E-state index in [1.165, 1.54) is 18.4 Å². The van der Waals surface area contributed by atoms with E-state index in [4.69, 9.17) is 11.6 Å². The second kappa shape index (κ2) is 8.63. The standard InChI is InChI=1S/C20H25ClN2O/c21-18-10-8-17(9-11-18)20(16-6-2-1-3-7-16)22-14-19(24)15-23-12-4-5-13-23/h1-3,6-11,19-20,22,24H,4-5,12-15H2. The Morgan fingerprint density at radius 3 is 2.25 bits per heavy atom. The van der Waals surface area contributed by atoms with Crippen LogP contribution in [0.2, 0.25) is 5.02 Å². The van der Waals surface area contributed by atoms with Gasteiger partial charge >= 0.3 is 0 Å². The van der Waals surface area contributed by atoms with Gasteiger partial charge in [0.25, 0.3) is 0 Å². The van der Waals surface area contributed by atoms with E-state index >= 15 is 0 Å². The highest BCUT2D eigenvalue weighted by Crippen LogP contribution is 2.23. The molecule has 24 heavy (non-hydrogen) atoms. The molecule has 3 rings (SSSR count). The number of aliphatic hydroxyl groups excluding tert-OH is 1. The second-order valence-corrected chi connectivity index (χ2v) is 6.90. The Balaban J connectivity index is 1.67. The largest absolute Gasteiger partial charge is 0.390 e. The van der Waals surface area contributed by atoms with Crippen LogP contribution < -0.4 is 5.32 Å². The highest BCUT2D eigenvalue weighted by Gasteiger charge is 2.18. The molecular weight excluding hydrogens is 320 g/mol. The zero-order valence-corrected chi connectivity index (χ0v) is 14.6. The average molecular weight is 345 g/mol. The number of nitrogens with one attached hydrogen (secondary N) is 1. The Labute approximate surface area is 149 Å². The van der Waals surface area contributed by atoms with Crippen LogP contribution in [0.3, 0.4) is 0 Å². The van der Waals surface area contributed by atoms with Gasteiger partial charge in [0.05, 0.1) is 12.1 Å². The highest BCUT2D eigenvalue weighted by atomic mass is 35.5. The summed E-state index contributed by atoms with van der Waals surface area (Å²) in [5.41, 5.74) is 2.34. The molecule has 4 heteroatoms. The molecule has 0 saturated carbocycles. The SMILES string of the molecule is OC(CNC(c1ccccc1)c1ccc(Cl)cc1)CN1CCCC1. The van der Waals surface area contributed by atoms with Crippen molar-refractivity contribution in [2.24, 2.45) is 0 Å². The van der Waals surface area contributed by atoms with E-state index in [1.807, 2.05) is 42.5 Å². The minimum absolute atomic E-state index is 0.0525. The lowest BCUT2D eigenvalue weighted by molar-refractivity contribution is 0.121. The number of benzene rings is 2. The minimum atomic E-state index is -0.360. The van der Waals surface area contributed by atoms with Crippen molar-refractivity contribution < 1.29 is 5.11 Å². The average Bonchev–Trinajstić information content (AvgIpc) is 3.10. The van der Waals surface area contributed by atoms with E-state index in [0.29, 0.717) is 6.54 Å². The first-order valence-electron chi connectivity index (χ1n) is 8.66. The number of likely N-dealkylation sites (tertiary alicyclic amines) is 1. The molecule has 0 aliphatic carbocycles. The van der Waals surface area contributed by atoms with Crippen LogP contribution in [-0.2, 0) is 0 Å². The zero-order valence-electron chi connectivity index (χ0n) is 13.9. The van der Waals surface area contributed by atoms with Crippen LogP contribution in [0.15, 0.2) is 54.6 Å². The van der Waals surface area contributed by atoms with Crippen LogP contribution in [-0.4, -0.2) is 42.3 Å². The Morgan fingerprint density at radius 2 is 1.58 bits per heavy atom. The number of halogens is 1. The first-order chi connectivity index (χ1) is 11.7. The summed E-state index contributed by atoms with van der Waals surface area (Å²) in [4.78, 5) is 2.34. The van der Waals surface area contributed by atoms with Crippen LogP contribution >= 0.6 is 11.6 Å². The van der Waals surface area contributed by atoms with Crippen LogP contribution in [0, 0.1) is 0 Å². The van der Waals surface area contributed by atoms with Crippen LogP contribution in [0.4, 0.5) is 0 Å². The normalized spacial score (nSPS) is 17.8. The number of β-amino-alcohol motifs (C(OH)–C–C–N with tert-alkyl or cyclic N) is 1. The van der Waals surface area contributed by atoms with Gasteiger partial charge in [-0.15, -0.1) is 0 Å². The van der Waals surface area contributed by atoms with E-state index in [-0.39, 0.29) is 12.1 Å². The van der Waals surface area contributed by atoms with Crippen molar-refractivity contribution in [3.63, 3.8) is 0 Å². The molecule has 2 aromatic carbocycles. The number of hydrogen-bond donors (Lipinski definition) is 2. The minimum Gasteiger partial charge on any atom is -0.390 e. The van der Waals surface area contributed by atoms with Crippen molar-refractivity contribution in [2.45, 2.75) is 25.0 Å². The Bertz CT molecular complexity index is 611. The third kappa shape index (κ3) is 4.81. The molecular formula is C20H25ClN2O. The smallest absolute Gasteiger partial charge is 0.0791 e. The van der Waals surface area contributed by atoms with Gasteiger partial charge in [0, 0.05) is 18.1 Å². The molecule has 3 nitrogen and oxygen atoms in total. The maximum absolute atomic E-state index is 10.4. The number of hydrogen-bond acceptors (Lipinski definition) is 3. The maximum atomic E-state index is 10.4. The second-order valence-electron chi connectivity index (χ2n) is 6.47. The lowest BCUT2D eigenvalue weighted by atomic mass is 9.98. The third-order valence-corrected chi connectivity index (χ3v) is 4.81. The van der Waals surface area contributed by atoms with Crippen molar-refractivity contribution in [2.75, 3.05) is 26.2 Å². The lowest BCUT2D eigenvalue weighted by Gasteiger charge is -2.24. The topological polar surface area (TPSA) is 35.5 Å². The fourth-order valence-corrected chi connectivity index (χ4v) is 3.44. The molecule has 0 radical (unpaired) electrons. The van der Waals surface area contributed by atoms with Gasteiger partial charge in [-0.25, -0.2) is 0 Å². The predicted octanol–water partition coefficient (Wildman–Crippen LogP) is 3.48. The van der Waals surface area contributed by atoms with Crippen molar-refractivity contribution in [1.29, 1.82) is 0 Å². The molecule has 0 aromatic heterocycles. The number of aliphatic hydroxyl groups is 1. The van der Waals surface area contributed by atoms with Gasteiger partial charge in [-0.3, -0.25) is 0 Å². The van der Waals surface area contributed by atoms with E-state index in [1.54, 1.807) is 0 Å². The molecule has 1 saturated heterocycles. The molecule has 2 atom stereocenters. The fourth-order valence-electron chi connectivity index (χ4n) is 3.31. The summed E-state index contributed by atoms with van der Waals surface area (Å²) in [7, 11) is 0. The molecule has 128 valence electrons. The number of nitrogens with zero attached hydrogens (tertiary/aromatic N) is 1. The zero-order chi connectivity index (χ0) is 16.8. The first-order valence-corrected chi connectivity index (χ1v) is 9.04. The van der Waals surface area contributed by atoms with E-state index < -0.39 is 0 Å². The van der Waals surface area contributed by atoms with Gasteiger partial charge in [-0.1, -0.05) is 54.1 Å². The molecule has 0 spiro atoms. The predicted molar refractivity (Wildman–Crippen MR) is 99.4 cm³/mol. The monoisotopic (exact) mass is 344 g/mol. The van der Waals surface area contributed by atoms with Gasteiger partial charge in [0.2, 0.25) is 0 Å². The summed E-state index contributed by atoms with van der Waals surface area (Å²) in [6.45, 7) is 3.53. The van der Waals surface area contributed by atoms with Crippen molar-refractivity contribution in [3.05, 3.63) is 70.7 Å². The van der Waals surface area contributed by atoms with Crippen molar-refractivity contribution >= 4 is 11.6 Å². The summed E-state index contributed by atoms with van der Waals surface area (Å²) in [5, 5.41) is 14.6. The lowest BCUT2D eigenvalue weighted by Crippen LogP contribution is -2.38. The summed E-state index contributed by atoms with van der Waals surface area (Å²) in [6.07, 6.45) is 2.14. The first kappa shape index (κ1) is 17.4. The van der Waals surface area contributed by atoms with E-state index in [9.17, 15) is 5.11 Å². The Morgan fingerprint density at radius 1 is 0.958 bits per heavy atom. The Kier molecular flexibility index (Phi) is 6.27. The van der Waals surface area contributed by atoms with E-state index in [0.717, 1.165) is 30.2 Å². The Hall–Kier alpha value is -1.39. The molecule has 0 amide bonds. The van der Waals surface area contributed by atoms with Gasteiger partial charge in [0.1, 0.15) is 0 Å². The van der Waals surface area contributed by atoms with Crippen molar-refractivity contribution in [3.8, 4) is 0 Å². The molecule has 1 fully saturated rings. The van der Waals surface area contributed by atoms with Crippen LogP contribution in [0.5, 0.6) is 0 Å². The molecule has 1 heterocycles. The molecule has 1 aliphatic heterocycles. The van der Waals surface area contributed by atoms with E-state index in [2.05, 4.69) is 22.3 Å². The van der Waals surface area contributed by atoms with Gasteiger partial charge in [-0.2, -0.15) is 0 Å². The molecule has 0 bridgehead atoms. The van der Waals surface area contributed by atoms with Crippen molar-refractivity contribution in [1.82, 2.24) is 10.2 Å². The van der Waals surface area contributed by atoms with Gasteiger partial charge < -0.3 is 15.3 Å². The van der Waals surface area contributed by atoms with Gasteiger partial charge in [-0.05, 0) is 49.2 Å². The summed E-state index contributed by atoms with van der Waals surface area (Å²) < 4.78 is 0. The summed E-state index contributed by atoms with van der Waals surface area (Å²) in [5.74, 6) is 0. The summed E-state index contributed by atoms with van der Waals surface area (Å²) >= 11 is 6.02. The van der Waals surface area contributed by atoms with Crippen LogP contribution in [0.1, 0.15) is 30.0 Å². The fraction of sp³-hybridized carbons (Fsp3) is 0.400. The molecule has 2 unspecified atom stereocenters. The number of rotatable bonds is 7. The highest BCUT2D eigenvalue weighted by molar-refractivity contribution is 6.30. The maximum Gasteiger partial charge on any atom is 0.0791 e.